The van der Waals surface area contributed by atoms with Gasteiger partial charge in [-0.3, -0.25) is 19.9 Å². The summed E-state index contributed by atoms with van der Waals surface area (Å²) in [7, 11) is 0. The lowest BCUT2D eigenvalue weighted by Crippen LogP contribution is -2.52. The molecular formula is C26H23ClN4O3. The second-order valence-electron chi connectivity index (χ2n) is 8.59. The highest BCUT2D eigenvalue weighted by Gasteiger charge is 2.48. The quantitative estimate of drug-likeness (QED) is 0.409. The van der Waals surface area contributed by atoms with Gasteiger partial charge in [-0.05, 0) is 46.9 Å². The summed E-state index contributed by atoms with van der Waals surface area (Å²) in [6.45, 7) is 2.16. The Bertz CT molecular complexity index is 1250. The Morgan fingerprint density at radius 1 is 1.00 bits per heavy atom. The summed E-state index contributed by atoms with van der Waals surface area (Å²) in [6, 6.07) is 24.1. The van der Waals surface area contributed by atoms with Crippen LogP contribution in [-0.2, 0) is 4.79 Å². The number of benzene rings is 3. The predicted octanol–water partition coefficient (Wildman–Crippen LogP) is 4.82. The third kappa shape index (κ3) is 4.04. The monoisotopic (exact) mass is 474 g/mol. The largest absolute Gasteiger partial charge is 0.363 e. The molecule has 3 aromatic rings. The number of carbonyl (C=O) groups excluding carboxylic acids is 1. The number of non-ortho nitro benzene ring substituents is 1. The van der Waals surface area contributed by atoms with E-state index in [0.717, 1.165) is 5.56 Å². The van der Waals surface area contributed by atoms with Crippen LogP contribution in [0.3, 0.4) is 0 Å². The highest BCUT2D eigenvalue weighted by Crippen LogP contribution is 2.40. The number of amides is 1. The minimum Gasteiger partial charge on any atom is -0.363 e. The van der Waals surface area contributed by atoms with E-state index < -0.39 is 4.92 Å². The van der Waals surface area contributed by atoms with Crippen LogP contribution in [0.5, 0.6) is 0 Å². The van der Waals surface area contributed by atoms with Crippen molar-refractivity contribution in [2.75, 3.05) is 0 Å². The average Bonchev–Trinajstić information content (AvgIpc) is 3.25. The molecule has 2 aliphatic rings. The van der Waals surface area contributed by atoms with Gasteiger partial charge in [-0.15, -0.1) is 0 Å². The van der Waals surface area contributed by atoms with Crippen LogP contribution in [0.4, 0.5) is 5.69 Å². The standard InChI is InChI=1S/C26H23ClN4O3/c1-16(17-5-3-2-4-6-17)25-24(19-7-11-20(27)12-8-19)26-28-22(15-23(32)30(26)29-25)18-9-13-21(14-10-18)31(33)34/h2-16,24-26,28-29H,1H3. The Morgan fingerprint density at radius 3 is 2.32 bits per heavy atom. The maximum atomic E-state index is 13.2. The van der Waals surface area contributed by atoms with Crippen molar-refractivity contribution >= 4 is 28.9 Å². The van der Waals surface area contributed by atoms with Crippen LogP contribution < -0.4 is 10.7 Å². The van der Waals surface area contributed by atoms with E-state index in [0.29, 0.717) is 16.3 Å². The van der Waals surface area contributed by atoms with Crippen LogP contribution in [0.1, 0.15) is 35.4 Å². The normalized spacial score (nSPS) is 22.5. The van der Waals surface area contributed by atoms with Gasteiger partial charge in [0.15, 0.2) is 0 Å². The molecule has 3 aromatic carbocycles. The molecule has 1 saturated heterocycles. The zero-order valence-corrected chi connectivity index (χ0v) is 19.1. The SMILES string of the molecule is CC(c1ccccc1)C1NN2C(=O)C=C(c3ccc([N+](=O)[O-])cc3)NC2C1c1ccc(Cl)cc1. The third-order valence-corrected chi connectivity index (χ3v) is 6.86. The van der Waals surface area contributed by atoms with Crippen molar-refractivity contribution in [1.82, 2.24) is 15.8 Å². The van der Waals surface area contributed by atoms with Gasteiger partial charge in [0, 0.05) is 40.9 Å². The van der Waals surface area contributed by atoms with E-state index in [1.165, 1.54) is 23.8 Å². The van der Waals surface area contributed by atoms with E-state index in [-0.39, 0.29) is 35.6 Å². The lowest BCUT2D eigenvalue weighted by atomic mass is 9.80. The van der Waals surface area contributed by atoms with E-state index >= 15 is 0 Å². The number of nitrogens with one attached hydrogen (secondary N) is 2. The van der Waals surface area contributed by atoms with Crippen molar-refractivity contribution in [3.05, 3.63) is 117 Å². The van der Waals surface area contributed by atoms with Gasteiger partial charge < -0.3 is 5.32 Å². The van der Waals surface area contributed by atoms with Gasteiger partial charge in [-0.1, -0.05) is 61.0 Å². The summed E-state index contributed by atoms with van der Waals surface area (Å²) in [4.78, 5) is 23.8. The first-order valence-corrected chi connectivity index (χ1v) is 11.4. The number of halogens is 1. The topological polar surface area (TPSA) is 87.5 Å². The molecule has 2 N–H and O–H groups in total. The number of nitro benzene ring substituents is 1. The molecule has 1 fully saturated rings. The van der Waals surface area contributed by atoms with Crippen molar-refractivity contribution in [3.63, 3.8) is 0 Å². The molecule has 0 saturated carbocycles. The highest BCUT2D eigenvalue weighted by molar-refractivity contribution is 6.30. The van der Waals surface area contributed by atoms with Gasteiger partial charge in [0.2, 0.25) is 0 Å². The Morgan fingerprint density at radius 2 is 1.68 bits per heavy atom. The fourth-order valence-electron chi connectivity index (χ4n) is 4.82. The minimum absolute atomic E-state index is 0.00596. The first-order chi connectivity index (χ1) is 16.4. The molecule has 2 heterocycles. The molecule has 34 heavy (non-hydrogen) atoms. The van der Waals surface area contributed by atoms with Crippen molar-refractivity contribution in [2.24, 2.45) is 0 Å². The van der Waals surface area contributed by atoms with Gasteiger partial charge in [0.25, 0.3) is 11.6 Å². The van der Waals surface area contributed by atoms with E-state index in [2.05, 4.69) is 29.8 Å². The van der Waals surface area contributed by atoms with E-state index in [4.69, 9.17) is 11.6 Å². The average molecular weight is 475 g/mol. The van der Waals surface area contributed by atoms with Gasteiger partial charge in [0.05, 0.1) is 4.92 Å². The molecule has 0 aliphatic carbocycles. The van der Waals surface area contributed by atoms with Crippen molar-refractivity contribution in [1.29, 1.82) is 0 Å². The van der Waals surface area contributed by atoms with Crippen LogP contribution >= 0.6 is 11.6 Å². The number of hydrogen-bond acceptors (Lipinski definition) is 5. The molecule has 7 nitrogen and oxygen atoms in total. The Balaban J connectivity index is 1.51. The fourth-order valence-corrected chi connectivity index (χ4v) is 4.94. The molecule has 0 bridgehead atoms. The van der Waals surface area contributed by atoms with Gasteiger partial charge >= 0.3 is 0 Å². The minimum atomic E-state index is -0.438. The zero-order chi connectivity index (χ0) is 23.8. The van der Waals surface area contributed by atoms with Crippen LogP contribution in [0.15, 0.2) is 84.9 Å². The molecule has 4 unspecified atom stereocenters. The van der Waals surface area contributed by atoms with Gasteiger partial charge in [-0.2, -0.15) is 0 Å². The summed E-state index contributed by atoms with van der Waals surface area (Å²) in [6.07, 6.45) is 1.18. The molecule has 1 amide bonds. The van der Waals surface area contributed by atoms with Crippen LogP contribution in [0, 0.1) is 10.1 Å². The van der Waals surface area contributed by atoms with E-state index in [1.807, 2.05) is 42.5 Å². The summed E-state index contributed by atoms with van der Waals surface area (Å²) in [5.74, 6) is -0.123. The first kappa shape index (κ1) is 22.1. The summed E-state index contributed by atoms with van der Waals surface area (Å²) < 4.78 is 0. The zero-order valence-electron chi connectivity index (χ0n) is 18.4. The number of fused-ring (bicyclic) bond motifs is 1. The molecule has 2 aliphatic heterocycles. The third-order valence-electron chi connectivity index (χ3n) is 6.61. The number of hydrogen-bond donors (Lipinski definition) is 2. The number of carbonyl (C=O) groups is 1. The Labute approximate surface area is 202 Å². The van der Waals surface area contributed by atoms with Crippen LogP contribution in [-0.4, -0.2) is 28.0 Å². The van der Waals surface area contributed by atoms with Crippen molar-refractivity contribution in [3.8, 4) is 0 Å². The van der Waals surface area contributed by atoms with Gasteiger partial charge in [0.1, 0.15) is 6.17 Å². The maximum Gasteiger partial charge on any atom is 0.269 e. The smallest absolute Gasteiger partial charge is 0.269 e. The van der Waals surface area contributed by atoms with Gasteiger partial charge in [-0.25, -0.2) is 5.43 Å². The lowest BCUT2D eigenvalue weighted by Gasteiger charge is -2.33. The second kappa shape index (κ2) is 8.93. The molecule has 0 radical (unpaired) electrons. The summed E-state index contributed by atoms with van der Waals surface area (Å²) in [5, 5.41) is 16.8. The van der Waals surface area contributed by atoms with E-state index in [9.17, 15) is 14.9 Å². The molecular weight excluding hydrogens is 452 g/mol. The number of hydrazine groups is 1. The number of nitro groups is 1. The lowest BCUT2D eigenvalue weighted by molar-refractivity contribution is -0.384. The predicted molar refractivity (Wildman–Crippen MR) is 131 cm³/mol. The summed E-state index contributed by atoms with van der Waals surface area (Å²) in [5.41, 5.74) is 7.04. The fraction of sp³-hybridized carbons (Fsp3) is 0.192. The molecule has 172 valence electrons. The molecule has 0 spiro atoms. The summed E-state index contributed by atoms with van der Waals surface area (Å²) >= 11 is 6.16. The van der Waals surface area contributed by atoms with Crippen molar-refractivity contribution in [2.45, 2.75) is 31.0 Å². The highest BCUT2D eigenvalue weighted by atomic mass is 35.5. The molecule has 4 atom stereocenters. The van der Waals surface area contributed by atoms with Crippen LogP contribution in [0.25, 0.3) is 5.70 Å². The van der Waals surface area contributed by atoms with E-state index in [1.54, 1.807) is 17.1 Å². The number of rotatable bonds is 5. The molecule has 8 heteroatoms. The van der Waals surface area contributed by atoms with Crippen molar-refractivity contribution < 1.29 is 9.72 Å². The Hall–Kier alpha value is -3.68. The maximum absolute atomic E-state index is 13.2. The first-order valence-electron chi connectivity index (χ1n) is 11.1. The Kier molecular flexibility index (Phi) is 5.81. The molecule has 5 rings (SSSR count). The second-order valence-corrected chi connectivity index (χ2v) is 9.03. The number of nitrogens with zero attached hydrogens (tertiary/aromatic N) is 2. The molecule has 0 aromatic heterocycles. The van der Waals surface area contributed by atoms with Crippen LogP contribution in [0.2, 0.25) is 5.02 Å².